The monoisotopic (exact) mass is 848 g/mol. The smallest absolute Gasteiger partial charge is 0.340 e. The molecule has 2 aliphatic rings. The fraction of sp³-hybridized carbons (Fsp3) is 0.500. The number of Topliss-reactive ketones (excluding diaryl/α,β-unsaturated/α-hetero) is 1. The van der Waals surface area contributed by atoms with Gasteiger partial charge in [-0.25, -0.2) is 9.59 Å². The number of hydrogen-bond acceptors (Lipinski definition) is 17. The van der Waals surface area contributed by atoms with Crippen molar-refractivity contribution in [3.63, 3.8) is 0 Å². The van der Waals surface area contributed by atoms with Gasteiger partial charge in [-0.15, -0.1) is 0 Å². The van der Waals surface area contributed by atoms with E-state index in [0.29, 0.717) is 0 Å². The van der Waals surface area contributed by atoms with Gasteiger partial charge in [0.25, 0.3) is 0 Å². The van der Waals surface area contributed by atoms with Crippen LogP contribution in [0.25, 0.3) is 0 Å². The van der Waals surface area contributed by atoms with Crippen LogP contribution >= 0.6 is 0 Å². The highest BCUT2D eigenvalue weighted by atomic mass is 16.6. The fourth-order valence-electron chi connectivity index (χ4n) is 7.73. The Morgan fingerprint density at radius 3 is 1.77 bits per heavy atom. The summed E-state index contributed by atoms with van der Waals surface area (Å²) in [7, 11) is 0. The minimum atomic E-state index is -2.46. The van der Waals surface area contributed by atoms with Gasteiger partial charge in [-0.05, 0) is 31.2 Å². The summed E-state index contributed by atoms with van der Waals surface area (Å²) in [6.45, 7) is 17.4. The Morgan fingerprint density at radius 1 is 0.721 bits per heavy atom. The van der Waals surface area contributed by atoms with Crippen molar-refractivity contribution in [1.29, 1.82) is 0 Å². The van der Waals surface area contributed by atoms with E-state index >= 15 is 4.79 Å². The molecule has 0 radical (unpaired) electrons. The molecule has 1 fully saturated rings. The van der Waals surface area contributed by atoms with Gasteiger partial charge in [-0.3, -0.25) is 38.7 Å². The number of hydrogen-bond donors (Lipinski definition) is 0. The Bertz CT molecular complexity index is 2070. The lowest BCUT2D eigenvalue weighted by molar-refractivity contribution is -0.192. The largest absolute Gasteiger partial charge is 0.458 e. The summed E-state index contributed by atoms with van der Waals surface area (Å²) < 4.78 is 42.2. The molecule has 0 unspecified atom stereocenters. The number of aromatic nitrogens is 2. The predicted molar refractivity (Wildman–Crippen MR) is 212 cm³/mol. The Hall–Kier alpha value is -6.26. The van der Waals surface area contributed by atoms with Crippen LogP contribution in [0, 0.1) is 23.2 Å². The van der Waals surface area contributed by atoms with E-state index in [1.54, 1.807) is 13.8 Å². The molecule has 0 aliphatic heterocycles. The second kappa shape index (κ2) is 19.0. The number of pyridine rings is 2. The molecule has 0 saturated heterocycles. The molecule has 61 heavy (non-hydrogen) atoms. The molecule has 0 aromatic carbocycles. The second-order valence-corrected chi connectivity index (χ2v) is 16.3. The number of fused-ring (bicyclic) bond motifs is 1. The lowest BCUT2D eigenvalue weighted by Crippen LogP contribution is -2.59. The van der Waals surface area contributed by atoms with Crippen molar-refractivity contribution in [2.75, 3.05) is 0 Å². The molecular weight excluding hydrogens is 796 g/mol. The number of nitrogens with zero attached hydrogens (tertiary/aromatic N) is 2. The maximum absolute atomic E-state index is 15.3. The third kappa shape index (κ3) is 10.7. The zero-order chi connectivity index (χ0) is 45.6. The minimum absolute atomic E-state index is 0.00609. The van der Waals surface area contributed by atoms with Gasteiger partial charge in [0.1, 0.15) is 6.10 Å². The maximum Gasteiger partial charge on any atom is 0.340 e. The van der Waals surface area contributed by atoms with E-state index in [2.05, 4.69) is 16.5 Å². The summed E-state index contributed by atoms with van der Waals surface area (Å²) in [5.41, 5.74) is -6.31. The van der Waals surface area contributed by atoms with Gasteiger partial charge >= 0.3 is 41.8 Å². The van der Waals surface area contributed by atoms with E-state index in [1.165, 1.54) is 88.9 Å². The van der Waals surface area contributed by atoms with Gasteiger partial charge in [0.15, 0.2) is 41.4 Å². The quantitative estimate of drug-likeness (QED) is 0.180. The molecule has 2 aromatic heterocycles. The lowest BCUT2D eigenvalue weighted by Gasteiger charge is -2.44. The molecule has 9 atom stereocenters. The highest BCUT2D eigenvalue weighted by Gasteiger charge is 2.72. The van der Waals surface area contributed by atoms with Crippen molar-refractivity contribution in [3.8, 4) is 0 Å². The van der Waals surface area contributed by atoms with Crippen molar-refractivity contribution in [3.05, 3.63) is 84.5 Å². The first-order valence-corrected chi connectivity index (χ1v) is 19.5. The van der Waals surface area contributed by atoms with Gasteiger partial charge < -0.3 is 33.2 Å². The topological polar surface area (TPSA) is 227 Å². The van der Waals surface area contributed by atoms with Crippen molar-refractivity contribution >= 4 is 47.6 Å². The number of esters is 7. The summed E-state index contributed by atoms with van der Waals surface area (Å²) in [6, 6.07) is 5.81. The van der Waals surface area contributed by atoms with Crippen molar-refractivity contribution in [1.82, 2.24) is 9.97 Å². The fourth-order valence-corrected chi connectivity index (χ4v) is 7.73. The average molecular weight is 849 g/mol. The average Bonchev–Trinajstić information content (AvgIpc) is 3.41. The maximum atomic E-state index is 15.3. The standard InChI is InChI=1S/C44H52N2O15/c1-23(2)39(52)58-33-25(4)34(55-26(5)47)35(56-27(6)48)38(59-40(53)30-14-12-18-45-20-30)42(9,10)17-16-24(3)36(51)44(60-29(8)50)22-43(11,37(32(33)44)57-28(7)49)61-41(54)31-15-13-19-46-21-31/h12-21,23-24,32-35,37-38H,4,22H2,1-3,5-11H3/b17-16+/t24-,32-,33-,34-,35+,37+,38+,43+,44+/m0/s1. The molecule has 17 heteroatoms. The molecule has 328 valence electrons. The van der Waals surface area contributed by atoms with Crippen LogP contribution in [0.15, 0.2) is 73.4 Å². The normalized spacial score (nSPS) is 29.0. The Kier molecular flexibility index (Phi) is 14.8. The van der Waals surface area contributed by atoms with E-state index in [9.17, 15) is 33.6 Å². The Labute approximate surface area is 353 Å². The summed E-state index contributed by atoms with van der Waals surface area (Å²) >= 11 is 0. The van der Waals surface area contributed by atoms with E-state index in [1.807, 2.05) is 0 Å². The summed E-state index contributed by atoms with van der Waals surface area (Å²) in [4.78, 5) is 117. The van der Waals surface area contributed by atoms with Crippen molar-refractivity contribution in [2.24, 2.45) is 23.2 Å². The van der Waals surface area contributed by atoms with Crippen LogP contribution in [0.4, 0.5) is 0 Å². The van der Waals surface area contributed by atoms with E-state index < -0.39 is 119 Å². The molecule has 0 amide bonds. The number of rotatable bonds is 10. The van der Waals surface area contributed by atoms with Crippen LogP contribution in [0.2, 0.25) is 0 Å². The second-order valence-electron chi connectivity index (χ2n) is 16.3. The number of ether oxygens (including phenoxy) is 7. The first kappa shape index (κ1) is 47.4. The zero-order valence-electron chi connectivity index (χ0n) is 35.8. The highest BCUT2D eigenvalue weighted by molar-refractivity contribution is 5.95. The number of carbonyl (C=O) groups is 8. The Morgan fingerprint density at radius 2 is 1.28 bits per heavy atom. The highest BCUT2D eigenvalue weighted by Crippen LogP contribution is 2.54. The molecule has 0 spiro atoms. The van der Waals surface area contributed by atoms with E-state index in [0.717, 1.165) is 27.7 Å². The van der Waals surface area contributed by atoms with Crippen LogP contribution in [0.1, 0.15) is 96.4 Å². The number of ketones is 1. The van der Waals surface area contributed by atoms with Crippen LogP contribution in [0.3, 0.4) is 0 Å². The third-order valence-electron chi connectivity index (χ3n) is 10.4. The summed E-state index contributed by atoms with van der Waals surface area (Å²) in [6.07, 6.45) is -1.32. The molecular formula is C44H52N2O15. The SMILES string of the molecule is C=C1[C@H](OC(C)=O)[C@@H](OC(C)=O)[C@@H](OC(=O)c2cccnc2)C(C)(C)/C=C/[C@H](C)C(=O)[C@@]2(OC(C)=O)C[C@@](C)(OC(=O)c3cccnc3)[C@H](OC(C)=O)[C@@H]2[C@H]1OC(=O)C(C)C. The first-order chi connectivity index (χ1) is 28.4. The van der Waals surface area contributed by atoms with Crippen molar-refractivity contribution < 1.29 is 71.5 Å². The van der Waals surface area contributed by atoms with Crippen LogP contribution < -0.4 is 0 Å². The molecule has 4 rings (SSSR count). The number of carbonyl (C=O) groups excluding carboxylic acids is 8. The molecule has 2 aliphatic carbocycles. The third-order valence-corrected chi connectivity index (χ3v) is 10.4. The van der Waals surface area contributed by atoms with Crippen LogP contribution in [-0.2, 0) is 61.9 Å². The van der Waals surface area contributed by atoms with Crippen molar-refractivity contribution in [2.45, 2.75) is 117 Å². The molecule has 1 saturated carbocycles. The van der Waals surface area contributed by atoms with Crippen LogP contribution in [0.5, 0.6) is 0 Å². The minimum Gasteiger partial charge on any atom is -0.458 e. The van der Waals surface area contributed by atoms with Gasteiger partial charge in [0.2, 0.25) is 0 Å². The Balaban J connectivity index is 2.15. The molecule has 0 bridgehead atoms. The molecule has 17 nitrogen and oxygen atoms in total. The lowest BCUT2D eigenvalue weighted by atomic mass is 9.72. The molecule has 0 N–H and O–H groups in total. The van der Waals surface area contributed by atoms with Gasteiger partial charge in [-0.2, -0.15) is 0 Å². The molecule has 2 aromatic rings. The van der Waals surface area contributed by atoms with E-state index in [-0.39, 0.29) is 16.7 Å². The zero-order valence-corrected chi connectivity index (χ0v) is 35.8. The van der Waals surface area contributed by atoms with E-state index in [4.69, 9.17) is 33.2 Å². The van der Waals surface area contributed by atoms with Gasteiger partial charge in [-0.1, -0.05) is 53.3 Å². The summed E-state index contributed by atoms with van der Waals surface area (Å²) in [5, 5.41) is 0. The predicted octanol–water partition coefficient (Wildman–Crippen LogP) is 4.66. The van der Waals surface area contributed by atoms with Crippen LogP contribution in [-0.4, -0.2) is 99.3 Å². The summed E-state index contributed by atoms with van der Waals surface area (Å²) in [5.74, 6) is -11.3. The first-order valence-electron chi connectivity index (χ1n) is 19.5. The number of allylic oxidation sites excluding steroid dienone is 1. The molecule has 2 heterocycles. The van der Waals surface area contributed by atoms with Gasteiger partial charge in [0.05, 0.1) is 23.0 Å². The van der Waals surface area contributed by atoms with Gasteiger partial charge in [0, 0.05) is 75.8 Å².